The van der Waals surface area contributed by atoms with Gasteiger partial charge in [-0.25, -0.2) is 0 Å². The summed E-state index contributed by atoms with van der Waals surface area (Å²) in [5, 5.41) is 0. The lowest BCUT2D eigenvalue weighted by molar-refractivity contribution is -0.168. The molecule has 5 aliphatic carbocycles. The van der Waals surface area contributed by atoms with Crippen LogP contribution in [0.15, 0.2) is 11.6 Å². The first-order chi connectivity index (χ1) is 12.4. The molecule has 26 heavy (non-hydrogen) atoms. The third-order valence-electron chi connectivity index (χ3n) is 10.1. The van der Waals surface area contributed by atoms with Gasteiger partial charge in [0.05, 0.1) is 0 Å². The molecule has 6 aliphatic rings. The standard InChI is InChI=1S/C23H30O3/c1-21-7-3-13(24)11-18(21)14-12-15(14)20-16(21)4-8-22(2)17(20)5-9-23(22)10-6-19(25)26-23/h11,14-17,20H,3-10,12H2,1-2H3/t14-,15+,16-,17-,20+,21+,22-,23+/m0/s1. The van der Waals surface area contributed by atoms with Crippen LogP contribution in [0.1, 0.15) is 71.6 Å². The molecule has 0 bridgehead atoms. The van der Waals surface area contributed by atoms with Gasteiger partial charge in [-0.1, -0.05) is 19.4 Å². The van der Waals surface area contributed by atoms with E-state index in [-0.39, 0.29) is 22.4 Å². The average Bonchev–Trinajstić information content (AvgIpc) is 3.23. The van der Waals surface area contributed by atoms with Crippen LogP contribution >= 0.6 is 0 Å². The first-order valence-electron chi connectivity index (χ1n) is 10.8. The number of ketones is 1. The van der Waals surface area contributed by atoms with Gasteiger partial charge in [0.2, 0.25) is 0 Å². The van der Waals surface area contributed by atoms with Crippen molar-refractivity contribution in [1.82, 2.24) is 0 Å². The van der Waals surface area contributed by atoms with Crippen LogP contribution in [-0.4, -0.2) is 17.4 Å². The molecular weight excluding hydrogens is 324 g/mol. The molecule has 1 aliphatic heterocycles. The molecule has 140 valence electrons. The molecule has 0 N–H and O–H groups in total. The highest BCUT2D eigenvalue weighted by Crippen LogP contribution is 2.75. The van der Waals surface area contributed by atoms with Crippen molar-refractivity contribution in [3.63, 3.8) is 0 Å². The number of rotatable bonds is 0. The fraction of sp³-hybridized carbons (Fsp3) is 0.826. The Labute approximate surface area is 155 Å². The molecule has 0 aromatic rings. The molecule has 0 unspecified atom stereocenters. The van der Waals surface area contributed by atoms with E-state index < -0.39 is 0 Å². The molecule has 0 aromatic carbocycles. The lowest BCUT2D eigenvalue weighted by atomic mass is 9.46. The van der Waals surface area contributed by atoms with Crippen molar-refractivity contribution in [3.05, 3.63) is 11.6 Å². The Morgan fingerprint density at radius 3 is 2.58 bits per heavy atom. The zero-order valence-electron chi connectivity index (χ0n) is 16.1. The maximum atomic E-state index is 12.1. The lowest BCUT2D eigenvalue weighted by Gasteiger charge is -2.59. The molecule has 1 spiro atoms. The zero-order chi connectivity index (χ0) is 17.9. The minimum Gasteiger partial charge on any atom is -0.458 e. The molecule has 1 heterocycles. The van der Waals surface area contributed by atoms with Crippen LogP contribution < -0.4 is 0 Å². The van der Waals surface area contributed by atoms with E-state index in [9.17, 15) is 9.59 Å². The molecule has 4 saturated carbocycles. The second-order valence-electron chi connectivity index (χ2n) is 10.7. The molecule has 1 saturated heterocycles. The molecule has 0 radical (unpaired) electrons. The van der Waals surface area contributed by atoms with Crippen LogP contribution in [0.25, 0.3) is 0 Å². The van der Waals surface area contributed by atoms with Crippen molar-refractivity contribution in [2.45, 2.75) is 77.2 Å². The Bertz CT molecular complexity index is 753. The summed E-state index contributed by atoms with van der Waals surface area (Å²) >= 11 is 0. The van der Waals surface area contributed by atoms with Crippen molar-refractivity contribution in [2.75, 3.05) is 0 Å². The van der Waals surface area contributed by atoms with Crippen LogP contribution in [0.5, 0.6) is 0 Å². The Morgan fingerprint density at radius 2 is 1.81 bits per heavy atom. The van der Waals surface area contributed by atoms with E-state index in [2.05, 4.69) is 13.8 Å². The molecule has 5 fully saturated rings. The van der Waals surface area contributed by atoms with Crippen LogP contribution in [0.4, 0.5) is 0 Å². The van der Waals surface area contributed by atoms with Gasteiger partial charge < -0.3 is 4.74 Å². The van der Waals surface area contributed by atoms with E-state index in [0.717, 1.165) is 43.4 Å². The normalized spacial score (nSPS) is 57.0. The quantitative estimate of drug-likeness (QED) is 0.604. The number of esters is 1. The van der Waals surface area contributed by atoms with Crippen LogP contribution in [0.3, 0.4) is 0 Å². The molecule has 0 aromatic heterocycles. The van der Waals surface area contributed by atoms with Gasteiger partial charge >= 0.3 is 5.97 Å². The average molecular weight is 354 g/mol. The van der Waals surface area contributed by atoms with Crippen molar-refractivity contribution < 1.29 is 14.3 Å². The van der Waals surface area contributed by atoms with Crippen molar-refractivity contribution in [2.24, 2.45) is 40.4 Å². The minimum absolute atomic E-state index is 0.0323. The molecule has 3 heteroatoms. The zero-order valence-corrected chi connectivity index (χ0v) is 16.1. The van der Waals surface area contributed by atoms with Gasteiger partial charge in [-0.05, 0) is 86.0 Å². The van der Waals surface area contributed by atoms with Crippen molar-refractivity contribution in [3.8, 4) is 0 Å². The number of carbonyl (C=O) groups excluding carboxylic acids is 2. The molecule has 3 nitrogen and oxygen atoms in total. The highest BCUT2D eigenvalue weighted by atomic mass is 16.6. The van der Waals surface area contributed by atoms with E-state index in [0.29, 0.717) is 24.0 Å². The number of fused-ring (bicyclic) bond motifs is 9. The van der Waals surface area contributed by atoms with E-state index >= 15 is 0 Å². The maximum absolute atomic E-state index is 12.1. The van der Waals surface area contributed by atoms with Crippen LogP contribution in [0, 0.1) is 40.4 Å². The summed E-state index contributed by atoms with van der Waals surface area (Å²) in [6.07, 6.45) is 11.5. The predicted molar refractivity (Wildman–Crippen MR) is 97.1 cm³/mol. The first-order valence-corrected chi connectivity index (χ1v) is 10.8. The Morgan fingerprint density at radius 1 is 1.00 bits per heavy atom. The number of ether oxygens (including phenoxy) is 1. The van der Waals surface area contributed by atoms with Crippen LogP contribution in [-0.2, 0) is 14.3 Å². The minimum atomic E-state index is -0.163. The number of hydrogen-bond donors (Lipinski definition) is 0. The monoisotopic (exact) mass is 354 g/mol. The molecule has 8 atom stereocenters. The summed E-state index contributed by atoms with van der Waals surface area (Å²) in [6, 6.07) is 0. The van der Waals surface area contributed by atoms with E-state index in [1.807, 2.05) is 6.08 Å². The first kappa shape index (κ1) is 15.9. The van der Waals surface area contributed by atoms with Crippen LogP contribution in [0.2, 0.25) is 0 Å². The highest BCUT2D eigenvalue weighted by Gasteiger charge is 2.71. The fourth-order valence-corrected chi connectivity index (χ4v) is 8.70. The molecule has 6 rings (SSSR count). The van der Waals surface area contributed by atoms with Gasteiger partial charge in [0, 0.05) is 18.3 Å². The second kappa shape index (κ2) is 4.64. The third-order valence-corrected chi connectivity index (χ3v) is 10.1. The largest absolute Gasteiger partial charge is 0.458 e. The van der Waals surface area contributed by atoms with E-state index in [1.54, 1.807) is 0 Å². The molecular formula is C23H30O3. The summed E-state index contributed by atoms with van der Waals surface area (Å²) in [7, 11) is 0. The Balaban J connectivity index is 1.40. The topological polar surface area (TPSA) is 43.4 Å². The van der Waals surface area contributed by atoms with E-state index in [1.165, 1.54) is 31.3 Å². The highest BCUT2D eigenvalue weighted by molar-refractivity contribution is 5.92. The summed E-state index contributed by atoms with van der Waals surface area (Å²) in [4.78, 5) is 24.1. The van der Waals surface area contributed by atoms with Crippen molar-refractivity contribution >= 4 is 11.8 Å². The fourth-order valence-electron chi connectivity index (χ4n) is 8.70. The van der Waals surface area contributed by atoms with Gasteiger partial charge in [-0.3, -0.25) is 9.59 Å². The number of allylic oxidation sites excluding steroid dienone is 1. The predicted octanol–water partition coefficient (Wildman–Crippen LogP) is 4.45. The van der Waals surface area contributed by atoms with Gasteiger partial charge in [0.15, 0.2) is 5.78 Å². The maximum Gasteiger partial charge on any atom is 0.306 e. The summed E-state index contributed by atoms with van der Waals surface area (Å²) in [5.74, 6) is 4.09. The smallest absolute Gasteiger partial charge is 0.306 e. The van der Waals surface area contributed by atoms with Gasteiger partial charge in [-0.2, -0.15) is 0 Å². The third kappa shape index (κ3) is 1.67. The summed E-state index contributed by atoms with van der Waals surface area (Å²) in [5.41, 5.74) is 1.78. The van der Waals surface area contributed by atoms with E-state index in [4.69, 9.17) is 4.74 Å². The summed E-state index contributed by atoms with van der Waals surface area (Å²) < 4.78 is 6.06. The van der Waals surface area contributed by atoms with Gasteiger partial charge in [0.25, 0.3) is 0 Å². The number of hydrogen-bond acceptors (Lipinski definition) is 3. The Kier molecular flexibility index (Phi) is 2.84. The Hall–Kier alpha value is -1.12. The summed E-state index contributed by atoms with van der Waals surface area (Å²) in [6.45, 7) is 4.93. The molecule has 0 amide bonds. The lowest BCUT2D eigenvalue weighted by Crippen LogP contribution is -2.55. The van der Waals surface area contributed by atoms with Gasteiger partial charge in [0.1, 0.15) is 5.60 Å². The van der Waals surface area contributed by atoms with Crippen molar-refractivity contribution in [1.29, 1.82) is 0 Å². The second-order valence-corrected chi connectivity index (χ2v) is 10.7. The van der Waals surface area contributed by atoms with Gasteiger partial charge in [-0.15, -0.1) is 0 Å². The number of carbonyl (C=O) groups is 2. The SMILES string of the molecule is C[C@]12CCC(=O)C=C1[C@H]1C[C@H]1[C@@H]1[C@@H]2CC[C@@]2(C)[C@H]1CC[C@@]21CCC(=O)O1.